The molecule has 3 heteroatoms. The molecule has 3 nitrogen and oxygen atoms in total. The summed E-state index contributed by atoms with van der Waals surface area (Å²) in [5.74, 6) is 0.998. The predicted molar refractivity (Wildman–Crippen MR) is 97.9 cm³/mol. The molecule has 0 fully saturated rings. The summed E-state index contributed by atoms with van der Waals surface area (Å²) in [5.41, 5.74) is 5.96. The van der Waals surface area contributed by atoms with Gasteiger partial charge in [-0.3, -0.25) is 9.69 Å². The zero-order valence-corrected chi connectivity index (χ0v) is 15.1. The standard InChI is InChI=1S/C21H28N2O/c1-4-23(5-2)21(24)16-11-18-17-8-6-7-14-9-10-15(20(14)17)12-19(18)22(3)13-16/h6-8,11,15-16,19H,4-5,9-10,12-13H2,1-3H3/t15?,16-,19-/m1/s1. The summed E-state index contributed by atoms with van der Waals surface area (Å²) in [4.78, 5) is 17.3. The number of carbonyl (C=O) groups is 1. The van der Waals surface area contributed by atoms with Crippen molar-refractivity contribution in [3.8, 4) is 0 Å². The van der Waals surface area contributed by atoms with Crippen LogP contribution in [-0.2, 0) is 11.2 Å². The summed E-state index contributed by atoms with van der Waals surface area (Å²) in [6, 6.07) is 7.27. The third kappa shape index (κ3) is 2.33. The quantitative estimate of drug-likeness (QED) is 0.852. The van der Waals surface area contributed by atoms with Crippen molar-refractivity contribution >= 4 is 11.5 Å². The molecular formula is C21H28N2O. The number of carbonyl (C=O) groups excluding carboxylic acids is 1. The van der Waals surface area contributed by atoms with E-state index in [4.69, 9.17) is 0 Å². The van der Waals surface area contributed by atoms with Crippen LogP contribution in [0.15, 0.2) is 24.3 Å². The van der Waals surface area contributed by atoms with E-state index < -0.39 is 0 Å². The van der Waals surface area contributed by atoms with Gasteiger partial charge in [-0.05, 0) is 68.3 Å². The Morgan fingerprint density at radius 2 is 2.08 bits per heavy atom. The van der Waals surface area contributed by atoms with Gasteiger partial charge >= 0.3 is 0 Å². The SMILES string of the molecule is CCN(CC)C(=O)[C@@H]1C=C2c3cccc4c3C(CC4)C[C@H]2N(C)C1. The summed E-state index contributed by atoms with van der Waals surface area (Å²) in [7, 11) is 2.20. The minimum Gasteiger partial charge on any atom is -0.343 e. The third-order valence-corrected chi connectivity index (χ3v) is 6.33. The highest BCUT2D eigenvalue weighted by molar-refractivity contribution is 5.86. The molecule has 128 valence electrons. The number of likely N-dealkylation sites (N-methyl/N-ethyl adjacent to an activating group) is 1. The lowest BCUT2D eigenvalue weighted by molar-refractivity contribution is -0.134. The summed E-state index contributed by atoms with van der Waals surface area (Å²) >= 11 is 0. The maximum atomic E-state index is 12.9. The average Bonchev–Trinajstić information content (AvgIpc) is 3.01. The Hall–Kier alpha value is -1.61. The van der Waals surface area contributed by atoms with E-state index in [1.165, 1.54) is 36.0 Å². The molecule has 0 saturated carbocycles. The van der Waals surface area contributed by atoms with Crippen LogP contribution in [0.1, 0.15) is 49.3 Å². The third-order valence-electron chi connectivity index (χ3n) is 6.33. The van der Waals surface area contributed by atoms with E-state index in [0.717, 1.165) is 25.6 Å². The molecule has 3 aliphatic rings. The van der Waals surface area contributed by atoms with Crippen LogP contribution >= 0.6 is 0 Å². The zero-order valence-electron chi connectivity index (χ0n) is 15.1. The second kappa shape index (κ2) is 6.03. The molecule has 0 spiro atoms. The van der Waals surface area contributed by atoms with E-state index in [-0.39, 0.29) is 11.8 Å². The Labute approximate surface area is 145 Å². The number of amides is 1. The molecular weight excluding hydrogens is 296 g/mol. The Morgan fingerprint density at radius 1 is 1.29 bits per heavy atom. The molecule has 1 heterocycles. The molecule has 1 aromatic rings. The summed E-state index contributed by atoms with van der Waals surface area (Å²) in [5, 5.41) is 0. The molecule has 4 rings (SSSR count). The topological polar surface area (TPSA) is 23.6 Å². The van der Waals surface area contributed by atoms with Crippen LogP contribution in [0.4, 0.5) is 0 Å². The van der Waals surface area contributed by atoms with Crippen LogP contribution in [0, 0.1) is 5.92 Å². The van der Waals surface area contributed by atoms with Crippen molar-refractivity contribution in [3.63, 3.8) is 0 Å². The highest BCUT2D eigenvalue weighted by Crippen LogP contribution is 2.49. The first-order valence-electron chi connectivity index (χ1n) is 9.46. The zero-order chi connectivity index (χ0) is 16.8. The molecule has 0 aromatic heterocycles. The number of hydrogen-bond acceptors (Lipinski definition) is 2. The highest BCUT2D eigenvalue weighted by Gasteiger charge is 2.40. The van der Waals surface area contributed by atoms with Gasteiger partial charge in [0.25, 0.3) is 0 Å². The Balaban J connectivity index is 1.75. The lowest BCUT2D eigenvalue weighted by Crippen LogP contribution is -2.47. The van der Waals surface area contributed by atoms with Crippen LogP contribution in [0.3, 0.4) is 0 Å². The van der Waals surface area contributed by atoms with Gasteiger partial charge in [-0.15, -0.1) is 0 Å². The molecule has 0 N–H and O–H groups in total. The molecule has 0 radical (unpaired) electrons. The van der Waals surface area contributed by atoms with Gasteiger partial charge in [0.05, 0.1) is 5.92 Å². The normalized spacial score (nSPS) is 28.1. The molecule has 24 heavy (non-hydrogen) atoms. The minimum absolute atomic E-state index is 0.00467. The lowest BCUT2D eigenvalue weighted by atomic mass is 9.74. The lowest BCUT2D eigenvalue weighted by Gasteiger charge is -2.43. The van der Waals surface area contributed by atoms with Crippen LogP contribution in [-0.4, -0.2) is 48.4 Å². The Bertz CT molecular complexity index is 689. The fourth-order valence-corrected chi connectivity index (χ4v) is 5.09. The van der Waals surface area contributed by atoms with E-state index in [0.29, 0.717) is 6.04 Å². The molecule has 0 bridgehead atoms. The van der Waals surface area contributed by atoms with Gasteiger partial charge in [-0.25, -0.2) is 0 Å². The highest BCUT2D eigenvalue weighted by atomic mass is 16.2. The van der Waals surface area contributed by atoms with Crippen LogP contribution < -0.4 is 0 Å². The van der Waals surface area contributed by atoms with Gasteiger partial charge in [0.1, 0.15) is 0 Å². The molecule has 1 aromatic carbocycles. The van der Waals surface area contributed by atoms with Gasteiger partial charge < -0.3 is 4.90 Å². The maximum Gasteiger partial charge on any atom is 0.230 e. The number of aryl methyl sites for hydroxylation is 1. The van der Waals surface area contributed by atoms with E-state index in [1.807, 2.05) is 4.90 Å². The Kier molecular flexibility index (Phi) is 4.00. The fourth-order valence-electron chi connectivity index (χ4n) is 5.09. The van der Waals surface area contributed by atoms with Gasteiger partial charge in [0, 0.05) is 25.7 Å². The fraction of sp³-hybridized carbons (Fsp3) is 0.571. The van der Waals surface area contributed by atoms with Crippen molar-refractivity contribution in [1.29, 1.82) is 0 Å². The van der Waals surface area contributed by atoms with Crippen LogP contribution in [0.5, 0.6) is 0 Å². The second-order valence-electron chi connectivity index (χ2n) is 7.54. The second-order valence-corrected chi connectivity index (χ2v) is 7.54. The monoisotopic (exact) mass is 324 g/mol. The summed E-state index contributed by atoms with van der Waals surface area (Å²) in [6.45, 7) is 6.58. The van der Waals surface area contributed by atoms with E-state index >= 15 is 0 Å². The number of nitrogens with zero attached hydrogens (tertiary/aromatic N) is 2. The number of rotatable bonds is 3. The Morgan fingerprint density at radius 3 is 2.83 bits per heavy atom. The first-order chi connectivity index (χ1) is 11.6. The molecule has 1 amide bonds. The van der Waals surface area contributed by atoms with Crippen molar-refractivity contribution in [3.05, 3.63) is 41.0 Å². The van der Waals surface area contributed by atoms with E-state index in [2.05, 4.69) is 50.1 Å². The van der Waals surface area contributed by atoms with Crippen molar-refractivity contribution < 1.29 is 4.79 Å². The molecule has 0 saturated heterocycles. The largest absolute Gasteiger partial charge is 0.343 e. The first kappa shape index (κ1) is 15.9. The number of benzene rings is 1. The predicted octanol–water partition coefficient (Wildman–Crippen LogP) is 3.30. The van der Waals surface area contributed by atoms with Gasteiger partial charge in [0.2, 0.25) is 5.91 Å². The van der Waals surface area contributed by atoms with Crippen molar-refractivity contribution in [1.82, 2.24) is 9.80 Å². The molecule has 1 unspecified atom stereocenters. The van der Waals surface area contributed by atoms with Gasteiger partial charge in [0.15, 0.2) is 0 Å². The number of hydrogen-bond donors (Lipinski definition) is 0. The molecule has 2 aliphatic carbocycles. The van der Waals surface area contributed by atoms with E-state index in [9.17, 15) is 4.79 Å². The van der Waals surface area contributed by atoms with Gasteiger partial charge in [-0.1, -0.05) is 24.3 Å². The smallest absolute Gasteiger partial charge is 0.230 e. The maximum absolute atomic E-state index is 12.9. The molecule has 3 atom stereocenters. The van der Waals surface area contributed by atoms with Crippen LogP contribution in [0.2, 0.25) is 0 Å². The average molecular weight is 324 g/mol. The summed E-state index contributed by atoms with van der Waals surface area (Å²) < 4.78 is 0. The van der Waals surface area contributed by atoms with Crippen molar-refractivity contribution in [2.75, 3.05) is 26.7 Å². The van der Waals surface area contributed by atoms with Crippen molar-refractivity contribution in [2.45, 2.75) is 45.1 Å². The van der Waals surface area contributed by atoms with E-state index in [1.54, 1.807) is 5.56 Å². The van der Waals surface area contributed by atoms with Crippen molar-refractivity contribution in [2.24, 2.45) is 5.92 Å². The first-order valence-corrected chi connectivity index (χ1v) is 9.46. The minimum atomic E-state index is -0.00467. The summed E-state index contributed by atoms with van der Waals surface area (Å²) in [6.07, 6.45) is 6.04. The number of fused-ring (bicyclic) bond motifs is 2. The van der Waals surface area contributed by atoms with Crippen LogP contribution in [0.25, 0.3) is 5.57 Å². The van der Waals surface area contributed by atoms with Gasteiger partial charge in [-0.2, -0.15) is 0 Å². The molecule has 1 aliphatic heterocycles.